The van der Waals surface area contributed by atoms with E-state index in [1.165, 1.54) is 11.0 Å². The summed E-state index contributed by atoms with van der Waals surface area (Å²) >= 11 is 0. The Hall–Kier alpha value is -2.89. The van der Waals surface area contributed by atoms with Crippen LogP contribution < -0.4 is 5.32 Å². The van der Waals surface area contributed by atoms with Gasteiger partial charge < -0.3 is 14.6 Å². The van der Waals surface area contributed by atoms with Gasteiger partial charge in [0.15, 0.2) is 0 Å². The molecule has 0 aliphatic rings. The number of carbonyl (C=O) groups excluding carboxylic acids is 1. The van der Waals surface area contributed by atoms with Crippen LogP contribution in [0.15, 0.2) is 41.1 Å². The van der Waals surface area contributed by atoms with Crippen molar-refractivity contribution < 1.29 is 13.6 Å². The van der Waals surface area contributed by atoms with Crippen molar-refractivity contribution in [2.45, 2.75) is 20.8 Å². The summed E-state index contributed by atoms with van der Waals surface area (Å²) in [5.41, 5.74) is 2.01. The van der Waals surface area contributed by atoms with E-state index in [4.69, 9.17) is 4.42 Å². The van der Waals surface area contributed by atoms with Crippen LogP contribution >= 0.6 is 0 Å². The fourth-order valence-corrected chi connectivity index (χ4v) is 2.28. The van der Waals surface area contributed by atoms with Crippen LogP contribution in [0.5, 0.6) is 0 Å². The monoisotopic (exact) mass is 343 g/mol. The van der Waals surface area contributed by atoms with Crippen LogP contribution in [-0.4, -0.2) is 29.9 Å². The minimum absolute atomic E-state index is 0.123. The highest BCUT2D eigenvalue weighted by Gasteiger charge is 2.23. The van der Waals surface area contributed by atoms with Crippen molar-refractivity contribution >= 4 is 28.3 Å². The first-order valence-corrected chi connectivity index (χ1v) is 8.08. The van der Waals surface area contributed by atoms with Crippen molar-refractivity contribution in [1.29, 1.82) is 0 Å². The first kappa shape index (κ1) is 18.4. The van der Waals surface area contributed by atoms with Crippen molar-refractivity contribution in [3.63, 3.8) is 0 Å². The lowest BCUT2D eigenvalue weighted by atomic mass is 10.2. The second-order valence-electron chi connectivity index (χ2n) is 5.49. The molecule has 0 bridgehead atoms. The summed E-state index contributed by atoms with van der Waals surface area (Å²) < 4.78 is 19.8. The zero-order valence-corrected chi connectivity index (χ0v) is 15.1. The molecule has 0 saturated heterocycles. The fraction of sp³-hybridized carbons (Fsp3) is 0.263. The molecule has 2 heterocycles. The van der Waals surface area contributed by atoms with E-state index in [2.05, 4.69) is 10.3 Å². The summed E-state index contributed by atoms with van der Waals surface area (Å²) in [5.74, 6) is -0.583. The average Bonchev–Trinajstić information content (AvgIpc) is 2.97. The fourth-order valence-electron chi connectivity index (χ4n) is 2.28. The summed E-state index contributed by atoms with van der Waals surface area (Å²) in [6.07, 6.45) is 3.16. The van der Waals surface area contributed by atoms with Gasteiger partial charge in [-0.05, 0) is 30.7 Å². The Balaban J connectivity index is 0.00000109. The molecule has 2 aromatic heterocycles. The highest BCUT2D eigenvalue weighted by molar-refractivity contribution is 6.06. The van der Waals surface area contributed by atoms with Gasteiger partial charge in [0, 0.05) is 26.5 Å². The predicted octanol–water partition coefficient (Wildman–Crippen LogP) is 4.75. The van der Waals surface area contributed by atoms with E-state index in [0.717, 1.165) is 5.56 Å². The number of nitrogens with one attached hydrogen (secondary N) is 1. The number of amides is 1. The molecule has 0 unspecified atom stereocenters. The van der Waals surface area contributed by atoms with Gasteiger partial charge >= 0.3 is 0 Å². The summed E-state index contributed by atoms with van der Waals surface area (Å²) in [4.78, 5) is 17.8. The number of carbonyl (C=O) groups is 1. The molecule has 0 radical (unpaired) electrons. The Morgan fingerprint density at radius 1 is 1.24 bits per heavy atom. The lowest BCUT2D eigenvalue weighted by Crippen LogP contribution is -2.21. The Morgan fingerprint density at radius 3 is 2.60 bits per heavy atom. The molecule has 0 atom stereocenters. The van der Waals surface area contributed by atoms with E-state index in [1.54, 1.807) is 44.7 Å². The standard InChI is InChI=1S/C17H16FN3O2.C2H6/c1-10-4-5-13(12(18)8-10)20-15-11-9-19-7-6-14(11)23-16(15)17(22)21(2)3;1-2/h4-9,20H,1-3H3;1-2H3. The molecule has 1 aromatic carbocycles. The van der Waals surface area contributed by atoms with E-state index in [9.17, 15) is 9.18 Å². The third-order valence-corrected chi connectivity index (χ3v) is 3.47. The molecule has 0 aliphatic heterocycles. The molecule has 1 amide bonds. The average molecular weight is 343 g/mol. The number of halogens is 1. The van der Waals surface area contributed by atoms with E-state index in [0.29, 0.717) is 16.7 Å². The minimum Gasteiger partial charge on any atom is -0.448 e. The van der Waals surface area contributed by atoms with Gasteiger partial charge in [-0.15, -0.1) is 0 Å². The number of fused-ring (bicyclic) bond motifs is 1. The third kappa shape index (κ3) is 3.79. The van der Waals surface area contributed by atoms with Gasteiger partial charge in [-0.25, -0.2) is 4.39 Å². The molecular weight excluding hydrogens is 321 g/mol. The van der Waals surface area contributed by atoms with Gasteiger partial charge in [-0.2, -0.15) is 0 Å². The number of hydrogen-bond donors (Lipinski definition) is 1. The first-order chi connectivity index (χ1) is 12.0. The maximum atomic E-state index is 14.1. The Morgan fingerprint density at radius 2 is 1.96 bits per heavy atom. The molecule has 0 spiro atoms. The number of pyridine rings is 1. The Kier molecular flexibility index (Phi) is 5.75. The van der Waals surface area contributed by atoms with Crippen molar-refractivity contribution in [1.82, 2.24) is 9.88 Å². The highest BCUT2D eigenvalue weighted by Crippen LogP contribution is 2.34. The van der Waals surface area contributed by atoms with Gasteiger partial charge in [0.05, 0.1) is 11.1 Å². The summed E-state index contributed by atoms with van der Waals surface area (Å²) in [6, 6.07) is 6.51. The topological polar surface area (TPSA) is 58.4 Å². The van der Waals surface area contributed by atoms with Crippen LogP contribution in [0.2, 0.25) is 0 Å². The highest BCUT2D eigenvalue weighted by atomic mass is 19.1. The zero-order valence-electron chi connectivity index (χ0n) is 15.1. The molecular formula is C19H22FN3O2. The molecule has 3 rings (SSSR count). The molecule has 0 saturated carbocycles. The van der Waals surface area contributed by atoms with Gasteiger partial charge in [0.25, 0.3) is 5.91 Å². The number of aryl methyl sites for hydroxylation is 1. The SMILES string of the molecule is CC.Cc1ccc(Nc2c(C(=O)N(C)C)oc3ccncc23)c(F)c1. The smallest absolute Gasteiger partial charge is 0.291 e. The molecule has 5 nitrogen and oxygen atoms in total. The number of benzene rings is 1. The van der Waals surface area contributed by atoms with E-state index in [-0.39, 0.29) is 17.4 Å². The number of furan rings is 1. The Labute approximate surface area is 146 Å². The number of nitrogens with zero attached hydrogens (tertiary/aromatic N) is 2. The lowest BCUT2D eigenvalue weighted by molar-refractivity contribution is 0.0800. The summed E-state index contributed by atoms with van der Waals surface area (Å²) in [6.45, 7) is 5.81. The molecule has 0 fully saturated rings. The van der Waals surface area contributed by atoms with Crippen LogP contribution in [0, 0.1) is 12.7 Å². The van der Waals surface area contributed by atoms with Crippen LogP contribution in [-0.2, 0) is 0 Å². The molecule has 6 heteroatoms. The quantitative estimate of drug-likeness (QED) is 0.746. The van der Waals surface area contributed by atoms with Crippen LogP contribution in [0.25, 0.3) is 11.0 Å². The maximum absolute atomic E-state index is 14.1. The van der Waals surface area contributed by atoms with E-state index < -0.39 is 5.82 Å². The summed E-state index contributed by atoms with van der Waals surface area (Å²) in [7, 11) is 3.26. The second-order valence-corrected chi connectivity index (χ2v) is 5.49. The molecule has 25 heavy (non-hydrogen) atoms. The molecule has 132 valence electrons. The second kappa shape index (κ2) is 7.79. The molecule has 1 N–H and O–H groups in total. The Bertz CT molecular complexity index is 888. The number of hydrogen-bond acceptors (Lipinski definition) is 4. The largest absolute Gasteiger partial charge is 0.448 e. The maximum Gasteiger partial charge on any atom is 0.291 e. The third-order valence-electron chi connectivity index (χ3n) is 3.47. The minimum atomic E-state index is -0.397. The number of rotatable bonds is 3. The van der Waals surface area contributed by atoms with Gasteiger partial charge in [0.1, 0.15) is 17.1 Å². The first-order valence-electron chi connectivity index (χ1n) is 8.08. The van der Waals surface area contributed by atoms with Crippen LogP contribution in [0.1, 0.15) is 30.0 Å². The molecule has 3 aromatic rings. The van der Waals surface area contributed by atoms with Crippen LogP contribution in [0.3, 0.4) is 0 Å². The normalized spacial score (nSPS) is 10.2. The van der Waals surface area contributed by atoms with Gasteiger partial charge in [0.2, 0.25) is 5.76 Å². The van der Waals surface area contributed by atoms with Crippen molar-refractivity contribution in [3.8, 4) is 0 Å². The number of aromatic nitrogens is 1. The van der Waals surface area contributed by atoms with E-state index >= 15 is 0 Å². The van der Waals surface area contributed by atoms with Crippen molar-refractivity contribution in [3.05, 3.63) is 53.8 Å². The zero-order chi connectivity index (χ0) is 18.6. The predicted molar refractivity (Wildman–Crippen MR) is 97.8 cm³/mol. The van der Waals surface area contributed by atoms with Crippen LogP contribution in [0.4, 0.5) is 15.8 Å². The van der Waals surface area contributed by atoms with Crippen molar-refractivity contribution in [2.75, 3.05) is 19.4 Å². The van der Waals surface area contributed by atoms with E-state index in [1.807, 2.05) is 20.8 Å². The number of anilines is 2. The lowest BCUT2D eigenvalue weighted by Gasteiger charge is -2.11. The van der Waals surface area contributed by atoms with Crippen molar-refractivity contribution in [2.24, 2.45) is 0 Å². The molecule has 0 aliphatic carbocycles. The van der Waals surface area contributed by atoms with Gasteiger partial charge in [-0.1, -0.05) is 19.9 Å². The van der Waals surface area contributed by atoms with Gasteiger partial charge in [-0.3, -0.25) is 9.78 Å². The summed E-state index contributed by atoms with van der Waals surface area (Å²) in [5, 5.41) is 3.59.